The highest BCUT2D eigenvalue weighted by atomic mass is 16.1. The number of aryl methyl sites for hydroxylation is 1. The molecule has 7 heteroatoms. The molecule has 26 heavy (non-hydrogen) atoms. The van der Waals surface area contributed by atoms with Crippen molar-refractivity contribution in [3.05, 3.63) is 23.9 Å². The lowest BCUT2D eigenvalue weighted by Gasteiger charge is -2.32. The predicted molar refractivity (Wildman–Crippen MR) is 102 cm³/mol. The van der Waals surface area contributed by atoms with Gasteiger partial charge in [-0.15, -0.1) is 0 Å². The Kier molecular flexibility index (Phi) is 5.56. The number of hydrogen-bond donors (Lipinski definition) is 2. The molecule has 0 aliphatic carbocycles. The lowest BCUT2D eigenvalue weighted by molar-refractivity contribution is -0.120. The van der Waals surface area contributed by atoms with Gasteiger partial charge in [0.2, 0.25) is 5.91 Å². The van der Waals surface area contributed by atoms with Gasteiger partial charge in [0.05, 0.1) is 17.1 Å². The highest BCUT2D eigenvalue weighted by Gasteiger charge is 2.21. The average molecular weight is 357 g/mol. The SMILES string of the molecule is CNC(=O)CCC(C=O)c1nn(C)c2cc(N3CCC(N)CC3)ccc12. The Labute approximate surface area is 153 Å². The van der Waals surface area contributed by atoms with E-state index in [0.29, 0.717) is 18.9 Å². The summed E-state index contributed by atoms with van der Waals surface area (Å²) in [5.41, 5.74) is 8.90. The van der Waals surface area contributed by atoms with Crippen molar-refractivity contribution in [2.24, 2.45) is 12.8 Å². The number of hydrogen-bond acceptors (Lipinski definition) is 5. The number of carbonyl (C=O) groups excluding carboxylic acids is 2. The second kappa shape index (κ2) is 7.86. The summed E-state index contributed by atoms with van der Waals surface area (Å²) in [5, 5.41) is 8.14. The standard InChI is InChI=1S/C19H27N5O2/c1-21-18(26)6-3-13(12-25)19-16-5-4-15(11-17(16)23(2)22-19)24-9-7-14(20)8-10-24/h4-5,11-14H,3,6-10,20H2,1-2H3,(H,21,26). The van der Waals surface area contributed by atoms with Gasteiger partial charge in [0, 0.05) is 50.7 Å². The van der Waals surface area contributed by atoms with Gasteiger partial charge in [0.1, 0.15) is 6.29 Å². The molecule has 3 N–H and O–H groups in total. The largest absolute Gasteiger partial charge is 0.371 e. The van der Waals surface area contributed by atoms with Crippen molar-refractivity contribution in [2.45, 2.75) is 37.6 Å². The normalized spacial score (nSPS) is 16.7. The van der Waals surface area contributed by atoms with E-state index in [-0.39, 0.29) is 11.8 Å². The molecule has 3 rings (SSSR count). The molecule has 1 fully saturated rings. The first-order chi connectivity index (χ1) is 12.5. The Bertz CT molecular complexity index is 793. The molecule has 1 atom stereocenters. The minimum absolute atomic E-state index is 0.0670. The van der Waals surface area contributed by atoms with Crippen LogP contribution in [0.5, 0.6) is 0 Å². The van der Waals surface area contributed by atoms with Crippen LogP contribution >= 0.6 is 0 Å². The Morgan fingerprint density at radius 2 is 2.15 bits per heavy atom. The van der Waals surface area contributed by atoms with Gasteiger partial charge >= 0.3 is 0 Å². The first-order valence-electron chi connectivity index (χ1n) is 9.16. The molecule has 0 saturated carbocycles. The first-order valence-corrected chi connectivity index (χ1v) is 9.16. The van der Waals surface area contributed by atoms with Gasteiger partial charge in [-0.25, -0.2) is 0 Å². The van der Waals surface area contributed by atoms with Gasteiger partial charge in [0.25, 0.3) is 0 Å². The predicted octanol–water partition coefficient (Wildman–Crippen LogP) is 1.31. The fourth-order valence-electron chi connectivity index (χ4n) is 3.58. The number of rotatable bonds is 6. The Hall–Kier alpha value is -2.41. The van der Waals surface area contributed by atoms with Crippen LogP contribution < -0.4 is 16.0 Å². The molecule has 2 heterocycles. The summed E-state index contributed by atoms with van der Waals surface area (Å²) in [6.45, 7) is 1.92. The molecule has 1 aromatic heterocycles. The summed E-state index contributed by atoms with van der Waals surface area (Å²) in [6.07, 6.45) is 3.67. The number of benzene rings is 1. The number of aldehydes is 1. The lowest BCUT2D eigenvalue weighted by Crippen LogP contribution is -2.39. The van der Waals surface area contributed by atoms with Crippen molar-refractivity contribution in [1.82, 2.24) is 15.1 Å². The molecule has 0 radical (unpaired) electrons. The quantitative estimate of drug-likeness (QED) is 0.761. The summed E-state index contributed by atoms with van der Waals surface area (Å²) >= 11 is 0. The van der Waals surface area contributed by atoms with Crippen LogP contribution in [0.25, 0.3) is 10.9 Å². The first kappa shape index (κ1) is 18.4. The highest BCUT2D eigenvalue weighted by molar-refractivity contribution is 5.88. The summed E-state index contributed by atoms with van der Waals surface area (Å²) in [7, 11) is 3.49. The van der Waals surface area contributed by atoms with Crippen molar-refractivity contribution in [2.75, 3.05) is 25.0 Å². The van der Waals surface area contributed by atoms with Crippen molar-refractivity contribution >= 4 is 28.8 Å². The van der Waals surface area contributed by atoms with E-state index < -0.39 is 0 Å². The Balaban J connectivity index is 1.86. The molecule has 1 amide bonds. The van der Waals surface area contributed by atoms with Gasteiger partial charge < -0.3 is 20.7 Å². The van der Waals surface area contributed by atoms with Crippen molar-refractivity contribution in [3.8, 4) is 0 Å². The van der Waals surface area contributed by atoms with E-state index in [4.69, 9.17) is 5.73 Å². The number of nitrogens with two attached hydrogens (primary N) is 1. The molecule has 140 valence electrons. The summed E-state index contributed by atoms with van der Waals surface area (Å²) in [6, 6.07) is 6.55. The van der Waals surface area contributed by atoms with Crippen LogP contribution in [-0.4, -0.2) is 48.2 Å². The van der Waals surface area contributed by atoms with Gasteiger partial charge in [-0.3, -0.25) is 9.48 Å². The second-order valence-corrected chi connectivity index (χ2v) is 6.99. The molecule has 1 aliphatic heterocycles. The van der Waals surface area contributed by atoms with Gasteiger partial charge in [-0.2, -0.15) is 5.10 Å². The van der Waals surface area contributed by atoms with E-state index in [1.165, 1.54) is 0 Å². The number of nitrogens with zero attached hydrogens (tertiary/aromatic N) is 3. The van der Waals surface area contributed by atoms with Crippen LogP contribution in [0.4, 0.5) is 5.69 Å². The third kappa shape index (κ3) is 3.72. The van der Waals surface area contributed by atoms with E-state index in [1.54, 1.807) is 7.05 Å². The third-order valence-electron chi connectivity index (χ3n) is 5.25. The molecule has 2 aromatic rings. The molecule has 7 nitrogen and oxygen atoms in total. The molecular formula is C19H27N5O2. The van der Waals surface area contributed by atoms with Crippen molar-refractivity contribution in [3.63, 3.8) is 0 Å². The highest BCUT2D eigenvalue weighted by Crippen LogP contribution is 2.30. The topological polar surface area (TPSA) is 93.2 Å². The van der Waals surface area contributed by atoms with Crippen LogP contribution in [0.15, 0.2) is 18.2 Å². The zero-order chi connectivity index (χ0) is 18.7. The lowest BCUT2D eigenvalue weighted by atomic mass is 9.97. The molecule has 1 aromatic carbocycles. The van der Waals surface area contributed by atoms with Crippen LogP contribution in [0.1, 0.15) is 37.3 Å². The third-order valence-corrected chi connectivity index (χ3v) is 5.25. The second-order valence-electron chi connectivity index (χ2n) is 6.99. The van der Waals surface area contributed by atoms with Crippen LogP contribution in [0.3, 0.4) is 0 Å². The van der Waals surface area contributed by atoms with Crippen LogP contribution in [-0.2, 0) is 16.6 Å². The molecule has 0 bridgehead atoms. The maximum absolute atomic E-state index is 11.6. The summed E-state index contributed by atoms with van der Waals surface area (Å²) in [5.74, 6) is -0.447. The number of nitrogens with one attached hydrogen (secondary N) is 1. The maximum atomic E-state index is 11.6. The summed E-state index contributed by atoms with van der Waals surface area (Å²) in [4.78, 5) is 25.5. The number of carbonyl (C=O) groups is 2. The zero-order valence-corrected chi connectivity index (χ0v) is 15.4. The van der Waals surface area contributed by atoms with E-state index in [9.17, 15) is 9.59 Å². The molecule has 0 spiro atoms. The van der Waals surface area contributed by atoms with E-state index in [1.807, 2.05) is 17.8 Å². The van der Waals surface area contributed by atoms with Crippen molar-refractivity contribution < 1.29 is 9.59 Å². The minimum Gasteiger partial charge on any atom is -0.371 e. The van der Waals surface area contributed by atoms with Gasteiger partial charge in [0.15, 0.2) is 0 Å². The monoisotopic (exact) mass is 357 g/mol. The molecular weight excluding hydrogens is 330 g/mol. The Morgan fingerprint density at radius 3 is 2.81 bits per heavy atom. The minimum atomic E-state index is -0.380. The smallest absolute Gasteiger partial charge is 0.219 e. The van der Waals surface area contributed by atoms with Crippen LogP contribution in [0, 0.1) is 0 Å². The van der Waals surface area contributed by atoms with Gasteiger partial charge in [-0.1, -0.05) is 0 Å². The number of piperidine rings is 1. The number of amides is 1. The molecule has 1 unspecified atom stereocenters. The molecule has 1 aliphatic rings. The number of fused-ring (bicyclic) bond motifs is 1. The van der Waals surface area contributed by atoms with E-state index in [0.717, 1.165) is 54.5 Å². The van der Waals surface area contributed by atoms with E-state index >= 15 is 0 Å². The summed E-state index contributed by atoms with van der Waals surface area (Å²) < 4.78 is 1.82. The zero-order valence-electron chi connectivity index (χ0n) is 15.4. The maximum Gasteiger partial charge on any atom is 0.219 e. The van der Waals surface area contributed by atoms with Gasteiger partial charge in [-0.05, 0) is 37.5 Å². The number of aromatic nitrogens is 2. The Morgan fingerprint density at radius 1 is 1.42 bits per heavy atom. The molecule has 1 saturated heterocycles. The number of anilines is 1. The van der Waals surface area contributed by atoms with Crippen molar-refractivity contribution in [1.29, 1.82) is 0 Å². The van der Waals surface area contributed by atoms with E-state index in [2.05, 4.69) is 27.4 Å². The fourth-order valence-corrected chi connectivity index (χ4v) is 3.58. The van der Waals surface area contributed by atoms with Crippen LogP contribution in [0.2, 0.25) is 0 Å². The fraction of sp³-hybridized carbons (Fsp3) is 0.526. The average Bonchev–Trinajstić information content (AvgIpc) is 2.99.